The minimum Gasteiger partial charge on any atom is -0.494 e. The van der Waals surface area contributed by atoms with Crippen LogP contribution in [0.2, 0.25) is 0 Å². The second-order valence-corrected chi connectivity index (χ2v) is 4.78. The molecule has 0 heterocycles. The van der Waals surface area contributed by atoms with Crippen molar-refractivity contribution >= 4 is 0 Å². The predicted molar refractivity (Wildman–Crippen MR) is 75.9 cm³/mol. The summed E-state index contributed by atoms with van der Waals surface area (Å²) >= 11 is 0. The molecule has 0 amide bonds. The van der Waals surface area contributed by atoms with E-state index in [1.54, 1.807) is 0 Å². The first-order valence-corrected chi connectivity index (χ1v) is 7.18. The van der Waals surface area contributed by atoms with Crippen LogP contribution in [0.1, 0.15) is 64.0 Å². The number of hydrogen-bond donors (Lipinski definition) is 1. The molecule has 0 aliphatic heterocycles. The predicted octanol–water partition coefficient (Wildman–Crippen LogP) is 4.48. The number of aliphatic hydroxyl groups excluding tert-OH is 1. The monoisotopic (exact) mass is 250 g/mol. The van der Waals surface area contributed by atoms with Gasteiger partial charge in [0.2, 0.25) is 0 Å². The van der Waals surface area contributed by atoms with Gasteiger partial charge in [0.1, 0.15) is 5.75 Å². The van der Waals surface area contributed by atoms with Crippen LogP contribution in [0.15, 0.2) is 24.3 Å². The highest BCUT2D eigenvalue weighted by molar-refractivity contribution is 5.28. The molecule has 0 aromatic heterocycles. The average Bonchev–Trinajstić information content (AvgIpc) is 2.39. The van der Waals surface area contributed by atoms with Crippen molar-refractivity contribution < 1.29 is 9.84 Å². The molecule has 2 nitrogen and oxygen atoms in total. The van der Waals surface area contributed by atoms with Crippen LogP contribution in [0, 0.1) is 0 Å². The van der Waals surface area contributed by atoms with Crippen LogP contribution >= 0.6 is 0 Å². The van der Waals surface area contributed by atoms with Gasteiger partial charge in [-0.25, -0.2) is 0 Å². The van der Waals surface area contributed by atoms with E-state index in [4.69, 9.17) is 4.74 Å². The van der Waals surface area contributed by atoms with Gasteiger partial charge in [0, 0.05) is 0 Å². The SMILES string of the molecule is CCCCCCOc1ccc([C@@H](O)CCC)cc1. The number of unbranched alkanes of at least 4 members (excludes halogenated alkanes) is 3. The van der Waals surface area contributed by atoms with Crippen LogP contribution in [-0.4, -0.2) is 11.7 Å². The molecule has 0 saturated heterocycles. The van der Waals surface area contributed by atoms with Crippen molar-refractivity contribution in [3.05, 3.63) is 29.8 Å². The molecule has 0 bridgehead atoms. The third-order valence-corrected chi connectivity index (χ3v) is 3.09. The second kappa shape index (κ2) is 8.98. The minimum atomic E-state index is -0.339. The summed E-state index contributed by atoms with van der Waals surface area (Å²) < 4.78 is 5.67. The van der Waals surface area contributed by atoms with Crippen molar-refractivity contribution in [3.63, 3.8) is 0 Å². The van der Waals surface area contributed by atoms with Crippen LogP contribution in [0.5, 0.6) is 5.75 Å². The number of rotatable bonds is 9. The van der Waals surface area contributed by atoms with Gasteiger partial charge in [-0.3, -0.25) is 0 Å². The fraction of sp³-hybridized carbons (Fsp3) is 0.625. The zero-order valence-electron chi connectivity index (χ0n) is 11.7. The molecule has 0 fully saturated rings. The van der Waals surface area contributed by atoms with Gasteiger partial charge < -0.3 is 9.84 Å². The molecule has 0 radical (unpaired) electrons. The largest absolute Gasteiger partial charge is 0.494 e. The maximum atomic E-state index is 9.84. The highest BCUT2D eigenvalue weighted by Crippen LogP contribution is 2.21. The smallest absolute Gasteiger partial charge is 0.119 e. The summed E-state index contributed by atoms with van der Waals surface area (Å²) in [4.78, 5) is 0. The van der Waals surface area contributed by atoms with Gasteiger partial charge in [-0.15, -0.1) is 0 Å². The summed E-state index contributed by atoms with van der Waals surface area (Å²) in [7, 11) is 0. The van der Waals surface area contributed by atoms with Crippen molar-refractivity contribution in [1.29, 1.82) is 0 Å². The van der Waals surface area contributed by atoms with Crippen molar-refractivity contribution in [3.8, 4) is 5.75 Å². The summed E-state index contributed by atoms with van der Waals surface area (Å²) in [6.07, 6.45) is 6.37. The molecule has 0 saturated carbocycles. The molecule has 0 aliphatic rings. The Morgan fingerprint density at radius 3 is 2.33 bits per heavy atom. The van der Waals surface area contributed by atoms with Crippen LogP contribution in [0.25, 0.3) is 0 Å². The minimum absolute atomic E-state index is 0.339. The lowest BCUT2D eigenvalue weighted by Crippen LogP contribution is -1.99. The molecule has 0 unspecified atom stereocenters. The molecule has 1 N–H and O–H groups in total. The van der Waals surface area contributed by atoms with Crippen LogP contribution in [-0.2, 0) is 0 Å². The molecule has 1 atom stereocenters. The lowest BCUT2D eigenvalue weighted by Gasteiger charge is -2.11. The first kappa shape index (κ1) is 15.0. The first-order valence-electron chi connectivity index (χ1n) is 7.18. The summed E-state index contributed by atoms with van der Waals surface area (Å²) in [5, 5.41) is 9.84. The van der Waals surface area contributed by atoms with Gasteiger partial charge in [-0.05, 0) is 30.5 Å². The lowest BCUT2D eigenvalue weighted by atomic mass is 10.1. The fourth-order valence-electron chi connectivity index (χ4n) is 1.95. The quantitative estimate of drug-likeness (QED) is 0.655. The first-order chi connectivity index (χ1) is 8.77. The molecule has 2 heteroatoms. The number of aliphatic hydroxyl groups is 1. The molecule has 1 aromatic carbocycles. The average molecular weight is 250 g/mol. The Morgan fingerprint density at radius 2 is 1.72 bits per heavy atom. The normalized spacial score (nSPS) is 12.4. The van der Waals surface area contributed by atoms with E-state index in [0.29, 0.717) is 0 Å². The van der Waals surface area contributed by atoms with E-state index in [-0.39, 0.29) is 6.10 Å². The zero-order chi connectivity index (χ0) is 13.2. The molecule has 0 spiro atoms. The molecular formula is C16H26O2. The third kappa shape index (κ3) is 5.54. The summed E-state index contributed by atoms with van der Waals surface area (Å²) in [5.41, 5.74) is 0.982. The van der Waals surface area contributed by atoms with Gasteiger partial charge >= 0.3 is 0 Å². The molecular weight excluding hydrogens is 224 g/mol. The topological polar surface area (TPSA) is 29.5 Å². The Labute approximate surface area is 111 Å². The second-order valence-electron chi connectivity index (χ2n) is 4.78. The van der Waals surface area contributed by atoms with Gasteiger partial charge in [0.05, 0.1) is 12.7 Å². The van der Waals surface area contributed by atoms with E-state index >= 15 is 0 Å². The Kier molecular flexibility index (Phi) is 7.51. The standard InChI is InChI=1S/C16H26O2/c1-3-5-6-7-13-18-15-11-9-14(10-12-15)16(17)8-4-2/h9-12,16-17H,3-8,13H2,1-2H3/t16-/m0/s1. The molecule has 18 heavy (non-hydrogen) atoms. The Balaban J connectivity index is 2.31. The Bertz CT molecular complexity index is 305. The van der Waals surface area contributed by atoms with Crippen molar-refractivity contribution in [2.75, 3.05) is 6.61 Å². The van der Waals surface area contributed by atoms with Gasteiger partial charge in [0.25, 0.3) is 0 Å². The maximum absolute atomic E-state index is 9.84. The summed E-state index contributed by atoms with van der Waals surface area (Å²) in [5.74, 6) is 0.902. The summed E-state index contributed by atoms with van der Waals surface area (Å²) in [6, 6.07) is 7.82. The van der Waals surface area contributed by atoms with Crippen molar-refractivity contribution in [2.24, 2.45) is 0 Å². The van der Waals surface area contributed by atoms with Crippen LogP contribution in [0.3, 0.4) is 0 Å². The molecule has 1 aromatic rings. The van der Waals surface area contributed by atoms with Gasteiger partial charge in [0.15, 0.2) is 0 Å². The third-order valence-electron chi connectivity index (χ3n) is 3.09. The number of hydrogen-bond acceptors (Lipinski definition) is 2. The van der Waals surface area contributed by atoms with E-state index in [1.165, 1.54) is 19.3 Å². The Morgan fingerprint density at radius 1 is 1.00 bits per heavy atom. The highest BCUT2D eigenvalue weighted by atomic mass is 16.5. The zero-order valence-corrected chi connectivity index (χ0v) is 11.7. The van der Waals surface area contributed by atoms with E-state index in [0.717, 1.165) is 37.2 Å². The van der Waals surface area contributed by atoms with Crippen molar-refractivity contribution in [1.82, 2.24) is 0 Å². The van der Waals surface area contributed by atoms with Gasteiger partial charge in [-0.2, -0.15) is 0 Å². The number of benzene rings is 1. The molecule has 0 aliphatic carbocycles. The highest BCUT2D eigenvalue weighted by Gasteiger charge is 2.05. The lowest BCUT2D eigenvalue weighted by molar-refractivity contribution is 0.166. The van der Waals surface area contributed by atoms with E-state index in [9.17, 15) is 5.11 Å². The maximum Gasteiger partial charge on any atom is 0.119 e. The van der Waals surface area contributed by atoms with Gasteiger partial charge in [-0.1, -0.05) is 51.7 Å². The summed E-state index contributed by atoms with van der Waals surface area (Å²) in [6.45, 7) is 5.08. The molecule has 1 rings (SSSR count). The van der Waals surface area contributed by atoms with Crippen LogP contribution in [0.4, 0.5) is 0 Å². The van der Waals surface area contributed by atoms with E-state index in [1.807, 2.05) is 24.3 Å². The van der Waals surface area contributed by atoms with Crippen molar-refractivity contribution in [2.45, 2.75) is 58.5 Å². The fourth-order valence-corrected chi connectivity index (χ4v) is 1.95. The van der Waals surface area contributed by atoms with E-state index in [2.05, 4.69) is 13.8 Å². The Hall–Kier alpha value is -1.02. The van der Waals surface area contributed by atoms with E-state index < -0.39 is 0 Å². The van der Waals surface area contributed by atoms with Crippen LogP contribution < -0.4 is 4.74 Å². The molecule has 102 valence electrons. The number of ether oxygens (including phenoxy) is 1.